The lowest BCUT2D eigenvalue weighted by Gasteiger charge is -2.13. The zero-order chi connectivity index (χ0) is 23.5. The van der Waals surface area contributed by atoms with Gasteiger partial charge >= 0.3 is 0 Å². The number of rotatable bonds is 11. The number of amides is 2. The first-order chi connectivity index (χ1) is 15.3. The molecule has 0 aliphatic heterocycles. The number of hydrazone groups is 1. The van der Waals surface area contributed by atoms with E-state index in [-0.39, 0.29) is 24.7 Å². The summed E-state index contributed by atoms with van der Waals surface area (Å²) in [5, 5.41) is 7.45. The Morgan fingerprint density at radius 2 is 1.75 bits per heavy atom. The molecule has 2 aromatic rings. The summed E-state index contributed by atoms with van der Waals surface area (Å²) in [5.74, 6) is 0.695. The monoisotopic (exact) mass is 543 g/mol. The summed E-state index contributed by atoms with van der Waals surface area (Å²) in [6.45, 7) is 4.77. The van der Waals surface area contributed by atoms with E-state index in [1.54, 1.807) is 24.3 Å². The standard InChI is InChI=1S/C22H24BrCl2N3O4/c1-3-31-19-11-14(10-16(23)22(19)32-4-2)13-26-28-21(30)7-5-6-20(29)27-15-8-9-17(24)18(25)12-15/h8-13H,3-7H2,1-2H3,(H,27,29)(H,28,30)/b26-13-. The lowest BCUT2D eigenvalue weighted by molar-refractivity contribution is -0.121. The van der Waals surface area contributed by atoms with Crippen molar-refractivity contribution in [3.05, 3.63) is 50.4 Å². The molecule has 0 aliphatic carbocycles. The SMILES string of the molecule is CCOc1cc(/C=N\NC(=O)CCCC(=O)Nc2ccc(Cl)c(Cl)c2)cc(Br)c1OCC. The Kier molecular flexibility index (Phi) is 10.8. The van der Waals surface area contributed by atoms with E-state index < -0.39 is 0 Å². The predicted octanol–water partition coefficient (Wildman–Crippen LogP) is 5.81. The zero-order valence-electron chi connectivity index (χ0n) is 17.7. The quantitative estimate of drug-likeness (QED) is 0.276. The largest absolute Gasteiger partial charge is 0.490 e. The summed E-state index contributed by atoms with van der Waals surface area (Å²) in [6.07, 6.45) is 2.22. The highest BCUT2D eigenvalue weighted by Crippen LogP contribution is 2.36. The molecule has 172 valence electrons. The number of nitrogens with one attached hydrogen (secondary N) is 2. The molecule has 0 spiro atoms. The van der Waals surface area contributed by atoms with Crippen molar-refractivity contribution in [2.45, 2.75) is 33.1 Å². The van der Waals surface area contributed by atoms with Crippen LogP contribution in [0.15, 0.2) is 39.9 Å². The van der Waals surface area contributed by atoms with E-state index in [2.05, 4.69) is 31.8 Å². The van der Waals surface area contributed by atoms with Crippen molar-refractivity contribution in [3.8, 4) is 11.5 Å². The molecule has 0 bridgehead atoms. The van der Waals surface area contributed by atoms with Gasteiger partial charge in [-0.2, -0.15) is 5.10 Å². The van der Waals surface area contributed by atoms with Gasteiger partial charge in [0.15, 0.2) is 11.5 Å². The molecule has 0 saturated heterocycles. The van der Waals surface area contributed by atoms with Crippen LogP contribution in [-0.4, -0.2) is 31.2 Å². The molecule has 2 amide bonds. The first kappa shape index (κ1) is 26.0. The molecule has 0 aliphatic rings. The highest BCUT2D eigenvalue weighted by Gasteiger charge is 2.11. The van der Waals surface area contributed by atoms with Crippen molar-refractivity contribution >= 4 is 62.8 Å². The van der Waals surface area contributed by atoms with Crippen molar-refractivity contribution < 1.29 is 19.1 Å². The Hall–Kier alpha value is -2.29. The van der Waals surface area contributed by atoms with E-state index in [1.165, 1.54) is 6.21 Å². The number of anilines is 1. The first-order valence-electron chi connectivity index (χ1n) is 10.00. The van der Waals surface area contributed by atoms with Crippen molar-refractivity contribution in [2.75, 3.05) is 18.5 Å². The van der Waals surface area contributed by atoms with Crippen LogP contribution in [0.25, 0.3) is 0 Å². The highest BCUT2D eigenvalue weighted by molar-refractivity contribution is 9.10. The third-order valence-electron chi connectivity index (χ3n) is 4.03. The molecule has 32 heavy (non-hydrogen) atoms. The summed E-state index contributed by atoms with van der Waals surface area (Å²) in [6, 6.07) is 8.42. The second-order valence-electron chi connectivity index (χ2n) is 6.52. The van der Waals surface area contributed by atoms with Gasteiger partial charge in [0.1, 0.15) is 0 Å². The lowest BCUT2D eigenvalue weighted by Crippen LogP contribution is -2.18. The second kappa shape index (κ2) is 13.3. The first-order valence-corrected chi connectivity index (χ1v) is 11.5. The van der Waals surface area contributed by atoms with E-state index in [4.69, 9.17) is 32.7 Å². The van der Waals surface area contributed by atoms with Gasteiger partial charge in [-0.05, 0) is 72.1 Å². The molecule has 0 unspecified atom stereocenters. The highest BCUT2D eigenvalue weighted by atomic mass is 79.9. The van der Waals surface area contributed by atoms with Crippen molar-refractivity contribution in [2.24, 2.45) is 5.10 Å². The van der Waals surface area contributed by atoms with Gasteiger partial charge in [0.2, 0.25) is 11.8 Å². The molecule has 0 atom stereocenters. The molecule has 2 rings (SSSR count). The number of carbonyl (C=O) groups is 2. The van der Waals surface area contributed by atoms with Crippen LogP contribution >= 0.6 is 39.1 Å². The number of ether oxygens (including phenoxy) is 2. The number of hydrogen-bond donors (Lipinski definition) is 2. The molecule has 0 aromatic heterocycles. The minimum atomic E-state index is -0.293. The number of halogens is 3. The Balaban J connectivity index is 1.81. The van der Waals surface area contributed by atoms with E-state index >= 15 is 0 Å². The molecular weight excluding hydrogens is 521 g/mol. The summed E-state index contributed by atoms with van der Waals surface area (Å²) >= 11 is 15.2. The number of nitrogens with zero attached hydrogens (tertiary/aromatic N) is 1. The molecular formula is C22H24BrCl2N3O4. The van der Waals surface area contributed by atoms with Crippen LogP contribution in [0.4, 0.5) is 5.69 Å². The average Bonchev–Trinajstić information content (AvgIpc) is 2.73. The number of hydrogen-bond acceptors (Lipinski definition) is 5. The van der Waals surface area contributed by atoms with Gasteiger partial charge in [0.25, 0.3) is 0 Å². The Bertz CT molecular complexity index is 986. The van der Waals surface area contributed by atoms with Crippen LogP contribution in [0.2, 0.25) is 10.0 Å². The topological polar surface area (TPSA) is 89.0 Å². The Morgan fingerprint density at radius 1 is 1.03 bits per heavy atom. The Labute approximate surface area is 205 Å². The third-order valence-corrected chi connectivity index (χ3v) is 5.36. The fourth-order valence-electron chi connectivity index (χ4n) is 2.65. The summed E-state index contributed by atoms with van der Waals surface area (Å²) in [7, 11) is 0. The second-order valence-corrected chi connectivity index (χ2v) is 8.19. The van der Waals surface area contributed by atoms with E-state index in [0.29, 0.717) is 46.9 Å². The van der Waals surface area contributed by atoms with Gasteiger partial charge in [0, 0.05) is 18.5 Å². The molecule has 0 heterocycles. The molecule has 10 heteroatoms. The van der Waals surface area contributed by atoms with Gasteiger partial charge in [-0.15, -0.1) is 0 Å². The van der Waals surface area contributed by atoms with E-state index in [9.17, 15) is 9.59 Å². The van der Waals surface area contributed by atoms with Gasteiger partial charge < -0.3 is 14.8 Å². The maximum atomic E-state index is 12.0. The molecule has 0 fully saturated rings. The maximum absolute atomic E-state index is 12.0. The van der Waals surface area contributed by atoms with Gasteiger partial charge in [-0.1, -0.05) is 23.2 Å². The van der Waals surface area contributed by atoms with Crippen LogP contribution in [0.5, 0.6) is 11.5 Å². The van der Waals surface area contributed by atoms with Gasteiger partial charge in [-0.25, -0.2) is 5.43 Å². The van der Waals surface area contributed by atoms with Crippen LogP contribution in [-0.2, 0) is 9.59 Å². The minimum absolute atomic E-state index is 0.156. The number of benzene rings is 2. The number of carbonyl (C=O) groups excluding carboxylic acids is 2. The van der Waals surface area contributed by atoms with Crippen molar-refractivity contribution in [1.29, 1.82) is 0 Å². The van der Waals surface area contributed by atoms with E-state index in [0.717, 1.165) is 10.0 Å². The van der Waals surface area contributed by atoms with Crippen molar-refractivity contribution in [1.82, 2.24) is 5.43 Å². The Morgan fingerprint density at radius 3 is 2.44 bits per heavy atom. The summed E-state index contributed by atoms with van der Waals surface area (Å²) in [4.78, 5) is 24.0. The van der Waals surface area contributed by atoms with Crippen LogP contribution < -0.4 is 20.2 Å². The van der Waals surface area contributed by atoms with Crippen LogP contribution in [0.3, 0.4) is 0 Å². The fraction of sp³-hybridized carbons (Fsp3) is 0.318. The third kappa shape index (κ3) is 8.33. The van der Waals surface area contributed by atoms with Crippen LogP contribution in [0.1, 0.15) is 38.7 Å². The average molecular weight is 545 g/mol. The van der Waals surface area contributed by atoms with Crippen molar-refractivity contribution in [3.63, 3.8) is 0 Å². The smallest absolute Gasteiger partial charge is 0.240 e. The molecule has 2 aromatic carbocycles. The minimum Gasteiger partial charge on any atom is -0.490 e. The summed E-state index contributed by atoms with van der Waals surface area (Å²) < 4.78 is 11.9. The molecule has 0 radical (unpaired) electrons. The van der Waals surface area contributed by atoms with Gasteiger partial charge in [0.05, 0.1) is 33.9 Å². The molecule has 7 nitrogen and oxygen atoms in total. The van der Waals surface area contributed by atoms with E-state index in [1.807, 2.05) is 19.9 Å². The van der Waals surface area contributed by atoms with Crippen LogP contribution in [0, 0.1) is 0 Å². The maximum Gasteiger partial charge on any atom is 0.240 e. The normalized spacial score (nSPS) is 10.8. The summed E-state index contributed by atoms with van der Waals surface area (Å²) in [5.41, 5.74) is 3.73. The molecule has 0 saturated carbocycles. The molecule has 2 N–H and O–H groups in total. The fourth-order valence-corrected chi connectivity index (χ4v) is 3.52. The zero-order valence-corrected chi connectivity index (χ0v) is 20.8. The predicted molar refractivity (Wildman–Crippen MR) is 131 cm³/mol. The van der Waals surface area contributed by atoms with Gasteiger partial charge in [-0.3, -0.25) is 9.59 Å². The lowest BCUT2D eigenvalue weighted by atomic mass is 10.2.